The molecule has 136 valence electrons. The number of nitrogens with zero attached hydrogens (tertiary/aromatic N) is 1. The van der Waals surface area contributed by atoms with Crippen molar-refractivity contribution in [3.63, 3.8) is 0 Å². The Morgan fingerprint density at radius 3 is 2.35 bits per heavy atom. The summed E-state index contributed by atoms with van der Waals surface area (Å²) >= 11 is 5.93. The van der Waals surface area contributed by atoms with E-state index >= 15 is 0 Å². The van der Waals surface area contributed by atoms with Gasteiger partial charge in [0.25, 0.3) is 0 Å². The average molecular weight is 373 g/mol. The zero-order valence-electron chi connectivity index (χ0n) is 14.6. The first kappa shape index (κ1) is 18.4. The van der Waals surface area contributed by atoms with E-state index < -0.39 is 5.97 Å². The van der Waals surface area contributed by atoms with Crippen LogP contribution in [0.1, 0.15) is 28.8 Å². The third-order valence-electron chi connectivity index (χ3n) is 4.30. The molecule has 1 saturated carbocycles. The van der Waals surface area contributed by atoms with E-state index in [2.05, 4.69) is 15.0 Å². The van der Waals surface area contributed by atoms with Crippen molar-refractivity contribution in [2.75, 3.05) is 19.0 Å². The summed E-state index contributed by atoms with van der Waals surface area (Å²) in [6.45, 7) is 1.04. The number of rotatable bonds is 7. The molecule has 6 heteroatoms. The van der Waals surface area contributed by atoms with E-state index in [0.717, 1.165) is 24.9 Å². The van der Waals surface area contributed by atoms with E-state index in [1.807, 2.05) is 24.3 Å². The number of anilines is 1. The van der Waals surface area contributed by atoms with Crippen LogP contribution in [0.3, 0.4) is 0 Å². The number of halogens is 1. The van der Waals surface area contributed by atoms with Crippen LogP contribution in [0.4, 0.5) is 5.69 Å². The van der Waals surface area contributed by atoms with Gasteiger partial charge < -0.3 is 10.1 Å². The number of methoxy groups -OCH3 is 1. The Balaban J connectivity index is 1.58. The molecule has 2 aromatic carbocycles. The predicted octanol–water partition coefficient (Wildman–Crippen LogP) is 3.73. The summed E-state index contributed by atoms with van der Waals surface area (Å²) in [6, 6.07) is 14.8. The Labute approximate surface area is 157 Å². The molecule has 0 atom stereocenters. The Bertz CT molecular complexity index is 771. The van der Waals surface area contributed by atoms with Crippen LogP contribution < -0.4 is 5.32 Å². The standard InChI is InChI=1S/C20H21ClN2O3/c1-26-20(25)15-4-8-17(9-5-15)22-19(24)13-23(18-10-11-18)12-14-2-6-16(21)7-3-14/h2-9,18H,10-13H2,1H3,(H,22,24). The molecule has 0 spiro atoms. The number of nitrogens with one attached hydrogen (secondary N) is 1. The first-order valence-electron chi connectivity index (χ1n) is 8.52. The molecule has 0 heterocycles. The van der Waals surface area contributed by atoms with Crippen molar-refractivity contribution < 1.29 is 14.3 Å². The van der Waals surface area contributed by atoms with Crippen molar-refractivity contribution in [3.05, 3.63) is 64.7 Å². The van der Waals surface area contributed by atoms with Crippen LogP contribution in [0.25, 0.3) is 0 Å². The molecule has 1 aliphatic rings. The maximum absolute atomic E-state index is 12.4. The molecule has 26 heavy (non-hydrogen) atoms. The number of amides is 1. The van der Waals surface area contributed by atoms with Crippen LogP contribution in [0.15, 0.2) is 48.5 Å². The van der Waals surface area contributed by atoms with Crippen molar-refractivity contribution in [2.24, 2.45) is 0 Å². The van der Waals surface area contributed by atoms with Gasteiger partial charge in [0.15, 0.2) is 0 Å². The van der Waals surface area contributed by atoms with Crippen molar-refractivity contribution in [1.82, 2.24) is 4.90 Å². The number of carbonyl (C=O) groups excluding carboxylic acids is 2. The monoisotopic (exact) mass is 372 g/mol. The van der Waals surface area contributed by atoms with Crippen LogP contribution in [0.2, 0.25) is 5.02 Å². The summed E-state index contributed by atoms with van der Waals surface area (Å²) in [6.07, 6.45) is 2.24. The second-order valence-corrected chi connectivity index (χ2v) is 6.82. The van der Waals surface area contributed by atoms with Crippen molar-refractivity contribution in [3.8, 4) is 0 Å². The molecule has 1 N–H and O–H groups in total. The summed E-state index contributed by atoms with van der Waals surface area (Å²) in [5, 5.41) is 3.59. The van der Waals surface area contributed by atoms with Gasteiger partial charge in [0, 0.05) is 23.3 Å². The van der Waals surface area contributed by atoms with Crippen LogP contribution in [-0.2, 0) is 16.1 Å². The lowest BCUT2D eigenvalue weighted by atomic mass is 10.2. The molecule has 0 aliphatic heterocycles. The molecule has 1 amide bonds. The first-order chi connectivity index (χ1) is 12.5. The van der Waals surface area contributed by atoms with Gasteiger partial charge in [-0.05, 0) is 54.8 Å². The molecule has 0 saturated heterocycles. The van der Waals surface area contributed by atoms with Crippen LogP contribution >= 0.6 is 11.6 Å². The average Bonchev–Trinajstić information content (AvgIpc) is 3.48. The third-order valence-corrected chi connectivity index (χ3v) is 4.55. The molecule has 3 rings (SSSR count). The third kappa shape index (κ3) is 5.07. The van der Waals surface area contributed by atoms with Crippen LogP contribution in [-0.4, -0.2) is 36.5 Å². The van der Waals surface area contributed by atoms with Crippen LogP contribution in [0.5, 0.6) is 0 Å². The Kier molecular flexibility index (Phi) is 5.91. The molecule has 0 radical (unpaired) electrons. The van der Waals surface area contributed by atoms with E-state index in [9.17, 15) is 9.59 Å². The first-order valence-corrected chi connectivity index (χ1v) is 8.89. The van der Waals surface area contributed by atoms with E-state index in [4.69, 9.17) is 11.6 Å². The minimum absolute atomic E-state index is 0.0725. The Hall–Kier alpha value is -2.37. The lowest BCUT2D eigenvalue weighted by Crippen LogP contribution is -2.34. The number of benzene rings is 2. The molecule has 1 aliphatic carbocycles. The van der Waals surface area contributed by atoms with Gasteiger partial charge in [0.2, 0.25) is 5.91 Å². The van der Waals surface area contributed by atoms with E-state index in [-0.39, 0.29) is 5.91 Å². The van der Waals surface area contributed by atoms with E-state index in [1.54, 1.807) is 24.3 Å². The largest absolute Gasteiger partial charge is 0.465 e. The van der Waals surface area contributed by atoms with Gasteiger partial charge in [-0.3, -0.25) is 9.69 Å². The number of esters is 1. The number of carbonyl (C=O) groups is 2. The van der Waals surface area contributed by atoms with Gasteiger partial charge in [-0.1, -0.05) is 23.7 Å². The van der Waals surface area contributed by atoms with Gasteiger partial charge in [-0.25, -0.2) is 4.79 Å². The normalized spacial score (nSPS) is 13.5. The molecule has 0 aromatic heterocycles. The fourth-order valence-electron chi connectivity index (χ4n) is 2.77. The summed E-state index contributed by atoms with van der Waals surface area (Å²) in [5.74, 6) is -0.470. The molecule has 2 aromatic rings. The number of ether oxygens (including phenoxy) is 1. The molecule has 1 fully saturated rings. The van der Waals surface area contributed by atoms with Gasteiger partial charge in [-0.2, -0.15) is 0 Å². The van der Waals surface area contributed by atoms with Crippen molar-refractivity contribution >= 4 is 29.2 Å². The summed E-state index contributed by atoms with van der Waals surface area (Å²) in [4.78, 5) is 26.0. The highest BCUT2D eigenvalue weighted by atomic mass is 35.5. The minimum Gasteiger partial charge on any atom is -0.465 e. The molecular weight excluding hydrogens is 352 g/mol. The quantitative estimate of drug-likeness (QED) is 0.752. The van der Waals surface area contributed by atoms with Crippen molar-refractivity contribution in [1.29, 1.82) is 0 Å². The summed E-state index contributed by atoms with van der Waals surface area (Å²) in [7, 11) is 1.34. The van der Waals surface area contributed by atoms with Crippen molar-refractivity contribution in [2.45, 2.75) is 25.4 Å². The highest BCUT2D eigenvalue weighted by molar-refractivity contribution is 6.30. The number of hydrogen-bond donors (Lipinski definition) is 1. The van der Waals surface area contributed by atoms with Gasteiger partial charge in [0.05, 0.1) is 19.2 Å². The molecule has 0 unspecified atom stereocenters. The highest BCUT2D eigenvalue weighted by Crippen LogP contribution is 2.28. The smallest absolute Gasteiger partial charge is 0.337 e. The summed E-state index contributed by atoms with van der Waals surface area (Å²) < 4.78 is 4.67. The second kappa shape index (κ2) is 8.34. The molecular formula is C20H21ClN2O3. The fraction of sp³-hybridized carbons (Fsp3) is 0.300. The van der Waals surface area contributed by atoms with Gasteiger partial charge in [-0.15, -0.1) is 0 Å². The zero-order chi connectivity index (χ0) is 18.5. The predicted molar refractivity (Wildman–Crippen MR) is 101 cm³/mol. The summed E-state index contributed by atoms with van der Waals surface area (Å²) in [5.41, 5.74) is 2.24. The lowest BCUT2D eigenvalue weighted by molar-refractivity contribution is -0.117. The molecule has 5 nitrogen and oxygen atoms in total. The Morgan fingerprint density at radius 2 is 1.77 bits per heavy atom. The fourth-order valence-corrected chi connectivity index (χ4v) is 2.90. The minimum atomic E-state index is -0.397. The SMILES string of the molecule is COC(=O)c1ccc(NC(=O)CN(Cc2ccc(Cl)cc2)C2CC2)cc1. The van der Waals surface area contributed by atoms with Gasteiger partial charge in [0.1, 0.15) is 0 Å². The topological polar surface area (TPSA) is 58.6 Å². The highest BCUT2D eigenvalue weighted by Gasteiger charge is 2.30. The maximum Gasteiger partial charge on any atom is 0.337 e. The van der Waals surface area contributed by atoms with E-state index in [1.165, 1.54) is 7.11 Å². The molecule has 0 bridgehead atoms. The van der Waals surface area contributed by atoms with E-state index in [0.29, 0.717) is 28.9 Å². The zero-order valence-corrected chi connectivity index (χ0v) is 15.3. The lowest BCUT2D eigenvalue weighted by Gasteiger charge is -2.21. The second-order valence-electron chi connectivity index (χ2n) is 6.38. The van der Waals surface area contributed by atoms with Crippen LogP contribution in [0, 0.1) is 0 Å². The van der Waals surface area contributed by atoms with Gasteiger partial charge >= 0.3 is 5.97 Å². The Morgan fingerprint density at radius 1 is 1.12 bits per heavy atom. The number of hydrogen-bond acceptors (Lipinski definition) is 4. The maximum atomic E-state index is 12.4.